The molecule has 1 aliphatic heterocycles. The molecule has 0 saturated carbocycles. The number of carbonyl (C=O) groups excluding carboxylic acids is 2. The molecule has 8 nitrogen and oxygen atoms in total. The average molecular weight is 510 g/mol. The number of sulfonamides is 1. The second-order valence-electron chi connectivity index (χ2n) is 7.16. The molecule has 31 heavy (non-hydrogen) atoms. The van der Waals surface area contributed by atoms with Crippen molar-refractivity contribution >= 4 is 49.1 Å². The highest BCUT2D eigenvalue weighted by Crippen LogP contribution is 2.27. The molecule has 1 saturated heterocycles. The molecule has 0 aliphatic carbocycles. The Balaban J connectivity index is 1.72. The van der Waals surface area contributed by atoms with Crippen LogP contribution in [0.3, 0.4) is 0 Å². The molecule has 1 atom stereocenters. The summed E-state index contributed by atoms with van der Waals surface area (Å²) in [5.41, 5.74) is 0.946. The normalized spacial score (nSPS) is 16.0. The number of amides is 2. The van der Waals surface area contributed by atoms with Gasteiger partial charge < -0.3 is 15.4 Å². The van der Waals surface area contributed by atoms with Gasteiger partial charge in [0, 0.05) is 17.6 Å². The number of hydrogen-bond acceptors (Lipinski definition) is 5. The Labute approximate surface area is 190 Å². The van der Waals surface area contributed by atoms with Gasteiger partial charge >= 0.3 is 0 Å². The molecule has 10 heteroatoms. The van der Waals surface area contributed by atoms with Crippen LogP contribution in [-0.2, 0) is 19.6 Å². The molecule has 1 fully saturated rings. The van der Waals surface area contributed by atoms with Crippen molar-refractivity contribution in [2.75, 3.05) is 35.6 Å². The number of anilines is 2. The molecule has 2 aromatic rings. The fourth-order valence-corrected chi connectivity index (χ4v) is 4.74. The largest absolute Gasteiger partial charge is 0.376 e. The SMILES string of the molecule is CS(=O)(=O)N(CC(=O)Nc1ccccc1C(=O)NC[C@H]1CCCO1)c1ccccc1Br. The molecule has 166 valence electrons. The maximum atomic E-state index is 12.7. The number of benzene rings is 2. The third-order valence-electron chi connectivity index (χ3n) is 4.77. The minimum atomic E-state index is -3.72. The fourth-order valence-electron chi connectivity index (χ4n) is 3.25. The molecule has 0 radical (unpaired) electrons. The van der Waals surface area contributed by atoms with Crippen molar-refractivity contribution in [2.45, 2.75) is 18.9 Å². The molecule has 0 unspecified atom stereocenters. The lowest BCUT2D eigenvalue weighted by Crippen LogP contribution is -2.38. The molecule has 2 amide bonds. The summed E-state index contributed by atoms with van der Waals surface area (Å²) in [5, 5.41) is 5.48. The van der Waals surface area contributed by atoms with Gasteiger partial charge in [0.1, 0.15) is 6.54 Å². The van der Waals surface area contributed by atoms with Gasteiger partial charge in [-0.2, -0.15) is 0 Å². The molecular formula is C21H24BrN3O5S. The number of para-hydroxylation sites is 2. The van der Waals surface area contributed by atoms with Crippen molar-refractivity contribution in [1.82, 2.24) is 5.32 Å². The lowest BCUT2D eigenvalue weighted by atomic mass is 10.1. The number of hydrogen-bond donors (Lipinski definition) is 2. The second-order valence-corrected chi connectivity index (χ2v) is 9.92. The van der Waals surface area contributed by atoms with Gasteiger partial charge in [-0.15, -0.1) is 0 Å². The molecule has 3 rings (SSSR count). The van der Waals surface area contributed by atoms with Crippen LogP contribution in [0.5, 0.6) is 0 Å². The Morgan fingerprint density at radius 1 is 1.16 bits per heavy atom. The van der Waals surface area contributed by atoms with E-state index in [4.69, 9.17) is 4.74 Å². The summed E-state index contributed by atoms with van der Waals surface area (Å²) in [4.78, 5) is 25.3. The highest BCUT2D eigenvalue weighted by Gasteiger charge is 2.24. The van der Waals surface area contributed by atoms with Gasteiger partial charge in [-0.05, 0) is 53.0 Å². The first-order valence-electron chi connectivity index (χ1n) is 9.76. The third-order valence-corrected chi connectivity index (χ3v) is 6.57. The predicted octanol–water partition coefficient (Wildman–Crippen LogP) is 2.76. The number of carbonyl (C=O) groups is 2. The van der Waals surface area contributed by atoms with E-state index in [0.29, 0.717) is 34.6 Å². The zero-order chi connectivity index (χ0) is 22.4. The van der Waals surface area contributed by atoms with Crippen LogP contribution in [-0.4, -0.2) is 52.3 Å². The van der Waals surface area contributed by atoms with Crippen LogP contribution in [0.4, 0.5) is 11.4 Å². The highest BCUT2D eigenvalue weighted by molar-refractivity contribution is 9.10. The lowest BCUT2D eigenvalue weighted by Gasteiger charge is -2.23. The Kier molecular flexibility index (Phi) is 7.69. The van der Waals surface area contributed by atoms with Crippen LogP contribution in [0.2, 0.25) is 0 Å². The van der Waals surface area contributed by atoms with E-state index in [1.807, 2.05) is 0 Å². The molecule has 2 aromatic carbocycles. The van der Waals surface area contributed by atoms with Crippen LogP contribution >= 0.6 is 15.9 Å². The summed E-state index contributed by atoms with van der Waals surface area (Å²) in [6.07, 6.45) is 2.90. The maximum absolute atomic E-state index is 12.7. The van der Waals surface area contributed by atoms with Crippen molar-refractivity contribution in [3.63, 3.8) is 0 Å². The Morgan fingerprint density at radius 2 is 1.87 bits per heavy atom. The monoisotopic (exact) mass is 509 g/mol. The van der Waals surface area contributed by atoms with Crippen LogP contribution in [0.15, 0.2) is 53.0 Å². The average Bonchev–Trinajstić information content (AvgIpc) is 3.24. The van der Waals surface area contributed by atoms with Crippen LogP contribution in [0.1, 0.15) is 23.2 Å². The van der Waals surface area contributed by atoms with Gasteiger partial charge in [-0.3, -0.25) is 13.9 Å². The van der Waals surface area contributed by atoms with Crippen LogP contribution in [0.25, 0.3) is 0 Å². The molecule has 2 N–H and O–H groups in total. The molecule has 0 spiro atoms. The van der Waals surface area contributed by atoms with Crippen LogP contribution < -0.4 is 14.9 Å². The van der Waals surface area contributed by atoms with Crippen molar-refractivity contribution in [1.29, 1.82) is 0 Å². The molecule has 1 aliphatic rings. The maximum Gasteiger partial charge on any atom is 0.253 e. The van der Waals surface area contributed by atoms with E-state index in [0.717, 1.165) is 23.4 Å². The van der Waals surface area contributed by atoms with E-state index in [1.165, 1.54) is 0 Å². The van der Waals surface area contributed by atoms with E-state index in [2.05, 4.69) is 26.6 Å². The summed E-state index contributed by atoms with van der Waals surface area (Å²) in [5.74, 6) is -0.905. The summed E-state index contributed by atoms with van der Waals surface area (Å²) in [6, 6.07) is 13.3. The van der Waals surface area contributed by atoms with Gasteiger partial charge in [-0.1, -0.05) is 24.3 Å². The van der Waals surface area contributed by atoms with Gasteiger partial charge in [0.25, 0.3) is 5.91 Å². The van der Waals surface area contributed by atoms with Crippen molar-refractivity contribution in [3.8, 4) is 0 Å². The van der Waals surface area contributed by atoms with E-state index in [9.17, 15) is 18.0 Å². The highest BCUT2D eigenvalue weighted by atomic mass is 79.9. The summed E-state index contributed by atoms with van der Waals surface area (Å²) >= 11 is 3.32. The number of ether oxygens (including phenoxy) is 1. The first kappa shape index (κ1) is 23.2. The van der Waals surface area contributed by atoms with E-state index >= 15 is 0 Å². The predicted molar refractivity (Wildman–Crippen MR) is 123 cm³/mol. The fraction of sp³-hybridized carbons (Fsp3) is 0.333. The van der Waals surface area contributed by atoms with E-state index in [1.54, 1.807) is 48.5 Å². The minimum Gasteiger partial charge on any atom is -0.376 e. The molecule has 0 aromatic heterocycles. The van der Waals surface area contributed by atoms with Crippen molar-refractivity contribution < 1.29 is 22.7 Å². The topological polar surface area (TPSA) is 105 Å². The van der Waals surface area contributed by atoms with Gasteiger partial charge in [0.15, 0.2) is 0 Å². The lowest BCUT2D eigenvalue weighted by molar-refractivity contribution is -0.114. The van der Waals surface area contributed by atoms with E-state index < -0.39 is 22.5 Å². The van der Waals surface area contributed by atoms with Crippen LogP contribution in [0, 0.1) is 0 Å². The number of halogens is 1. The van der Waals surface area contributed by atoms with Gasteiger partial charge in [0.2, 0.25) is 15.9 Å². The summed E-state index contributed by atoms with van der Waals surface area (Å²) < 4.78 is 31.7. The molecule has 0 bridgehead atoms. The Hall–Kier alpha value is -2.43. The first-order chi connectivity index (χ1) is 14.8. The van der Waals surface area contributed by atoms with Gasteiger partial charge in [0.05, 0.1) is 29.3 Å². The standard InChI is InChI=1S/C21H24BrN3O5S/c1-31(28,29)25(19-11-5-3-9-17(19)22)14-20(26)24-18-10-4-2-8-16(18)21(27)23-13-15-7-6-12-30-15/h2-5,8-11,15H,6-7,12-14H2,1H3,(H,23,27)(H,24,26)/t15-/m1/s1. The molecule has 1 heterocycles. The zero-order valence-corrected chi connectivity index (χ0v) is 19.4. The first-order valence-corrected chi connectivity index (χ1v) is 12.4. The second kappa shape index (κ2) is 10.3. The summed E-state index contributed by atoms with van der Waals surface area (Å²) in [6.45, 7) is 0.653. The van der Waals surface area contributed by atoms with Crippen molar-refractivity contribution in [3.05, 3.63) is 58.6 Å². The summed E-state index contributed by atoms with van der Waals surface area (Å²) in [7, 11) is -3.72. The third kappa shape index (κ3) is 6.28. The number of nitrogens with zero attached hydrogens (tertiary/aromatic N) is 1. The molecular weight excluding hydrogens is 486 g/mol. The quantitative estimate of drug-likeness (QED) is 0.569. The van der Waals surface area contributed by atoms with Crippen molar-refractivity contribution in [2.24, 2.45) is 0 Å². The Morgan fingerprint density at radius 3 is 2.55 bits per heavy atom. The smallest absolute Gasteiger partial charge is 0.253 e. The van der Waals surface area contributed by atoms with E-state index in [-0.39, 0.29) is 12.0 Å². The zero-order valence-electron chi connectivity index (χ0n) is 17.0. The number of nitrogens with one attached hydrogen (secondary N) is 2. The van der Waals surface area contributed by atoms with Gasteiger partial charge in [-0.25, -0.2) is 8.42 Å². The number of rotatable bonds is 8. The minimum absolute atomic E-state index is 0.00154. The Bertz CT molecular complexity index is 1050.